The highest BCUT2D eigenvalue weighted by Gasteiger charge is 2.43. The molecular weight excluding hydrogens is 527 g/mol. The Hall–Kier alpha value is -2.52. The van der Waals surface area contributed by atoms with Crippen molar-refractivity contribution in [2.75, 3.05) is 39.3 Å². The van der Waals surface area contributed by atoms with Crippen LogP contribution < -0.4 is 20.7 Å². The molecule has 0 saturated carbocycles. The SMILES string of the molecule is Cl.Cl.O=C1C[C@@H]2NCCCNCCCCN(CCCN1)C(=O)[C@@H]1c3cc2ccc3O[C@H]1c1ccc(O)cc1. The molecule has 5 rings (SSSR count). The number of carbonyl (C=O) groups is 2. The van der Waals surface area contributed by atoms with Gasteiger partial charge in [0.05, 0.1) is 0 Å². The molecule has 10 heteroatoms. The van der Waals surface area contributed by atoms with Gasteiger partial charge >= 0.3 is 0 Å². The van der Waals surface area contributed by atoms with Crippen LogP contribution in [0.25, 0.3) is 0 Å². The molecule has 4 bridgehead atoms. The van der Waals surface area contributed by atoms with Gasteiger partial charge in [-0.15, -0.1) is 24.8 Å². The number of amides is 2. The minimum absolute atomic E-state index is 0. The normalized spacial score (nSPS) is 24.4. The number of halogens is 2. The summed E-state index contributed by atoms with van der Waals surface area (Å²) in [5, 5.41) is 19.9. The number of phenols is 1. The summed E-state index contributed by atoms with van der Waals surface area (Å²) in [5.74, 6) is 0.473. The summed E-state index contributed by atoms with van der Waals surface area (Å²) >= 11 is 0. The summed E-state index contributed by atoms with van der Waals surface area (Å²) in [7, 11) is 0. The lowest BCUT2D eigenvalue weighted by molar-refractivity contribution is -0.134. The van der Waals surface area contributed by atoms with Crippen LogP contribution in [-0.4, -0.2) is 61.1 Å². The van der Waals surface area contributed by atoms with Crippen LogP contribution in [0.15, 0.2) is 42.5 Å². The summed E-state index contributed by atoms with van der Waals surface area (Å²) in [6.45, 7) is 4.45. The van der Waals surface area contributed by atoms with Crippen LogP contribution in [0.5, 0.6) is 11.5 Å². The maximum Gasteiger partial charge on any atom is 0.234 e. The van der Waals surface area contributed by atoms with Crippen LogP contribution in [-0.2, 0) is 9.59 Å². The van der Waals surface area contributed by atoms with Gasteiger partial charge in [-0.3, -0.25) is 9.59 Å². The Morgan fingerprint density at radius 3 is 2.39 bits per heavy atom. The van der Waals surface area contributed by atoms with Crippen LogP contribution in [0.2, 0.25) is 0 Å². The van der Waals surface area contributed by atoms with Crippen LogP contribution in [0, 0.1) is 0 Å². The highest BCUT2D eigenvalue weighted by Crippen LogP contribution is 2.48. The fraction of sp³-hybridized carbons (Fsp3) is 0.500. The molecule has 2 aromatic rings. The van der Waals surface area contributed by atoms with Crippen LogP contribution >= 0.6 is 24.8 Å². The molecule has 0 fully saturated rings. The molecule has 0 saturated heterocycles. The van der Waals surface area contributed by atoms with E-state index in [1.54, 1.807) is 12.1 Å². The number of nitrogens with one attached hydrogen (secondary N) is 3. The maximum atomic E-state index is 14.2. The zero-order valence-corrected chi connectivity index (χ0v) is 23.1. The lowest BCUT2D eigenvalue weighted by atomic mass is 9.87. The Morgan fingerprint density at radius 1 is 0.842 bits per heavy atom. The monoisotopic (exact) mass is 564 g/mol. The van der Waals surface area contributed by atoms with E-state index < -0.39 is 12.0 Å². The van der Waals surface area contributed by atoms with Crippen molar-refractivity contribution in [1.29, 1.82) is 0 Å². The van der Waals surface area contributed by atoms with Gasteiger partial charge in [0, 0.05) is 37.7 Å². The molecule has 0 unspecified atom stereocenters. The van der Waals surface area contributed by atoms with Crippen molar-refractivity contribution in [1.82, 2.24) is 20.9 Å². The standard InChI is InChI=1S/C28H36N4O4.2ClH/c33-21-8-5-19(6-9-21)27-26-22-17-20(7-10-24(22)36-27)23-18-25(34)31-14-4-16-32(28(26)35)15-2-1-11-29-12-3-13-30-23;;/h5-10,17,23,26-27,29-30,33H,1-4,11-16,18H2,(H,31,34);2*1H/t23-,26+,27-;;/m0../s1. The fourth-order valence-corrected chi connectivity index (χ4v) is 5.45. The zero-order valence-electron chi connectivity index (χ0n) is 21.5. The first-order chi connectivity index (χ1) is 17.6. The van der Waals surface area contributed by atoms with Gasteiger partial charge in [-0.25, -0.2) is 0 Å². The highest BCUT2D eigenvalue weighted by atomic mass is 35.5. The van der Waals surface area contributed by atoms with Crippen molar-refractivity contribution in [2.45, 2.75) is 50.2 Å². The molecule has 0 radical (unpaired) electrons. The van der Waals surface area contributed by atoms with Gasteiger partial charge in [-0.2, -0.15) is 0 Å². The van der Waals surface area contributed by atoms with Gasteiger partial charge in [-0.05, 0) is 80.7 Å². The Labute approximate surface area is 236 Å². The summed E-state index contributed by atoms with van der Waals surface area (Å²) in [6.07, 6.45) is 3.47. The summed E-state index contributed by atoms with van der Waals surface area (Å²) in [4.78, 5) is 28.9. The molecule has 0 spiro atoms. The van der Waals surface area contributed by atoms with Crippen molar-refractivity contribution in [3.8, 4) is 11.5 Å². The molecule has 4 N–H and O–H groups in total. The van der Waals surface area contributed by atoms with E-state index in [-0.39, 0.29) is 48.4 Å². The molecule has 3 heterocycles. The number of phenolic OH excluding ortho intramolecular Hbond substituents is 1. The van der Waals surface area contributed by atoms with Gasteiger partial charge in [-0.1, -0.05) is 18.2 Å². The Morgan fingerprint density at radius 2 is 1.58 bits per heavy atom. The first-order valence-corrected chi connectivity index (χ1v) is 13.2. The topological polar surface area (TPSA) is 103 Å². The van der Waals surface area contributed by atoms with E-state index in [1.165, 1.54) is 0 Å². The first kappa shape index (κ1) is 30.0. The van der Waals surface area contributed by atoms with E-state index in [1.807, 2.05) is 29.2 Å². The van der Waals surface area contributed by atoms with Gasteiger partial charge < -0.3 is 30.7 Å². The molecule has 2 aromatic carbocycles. The smallest absolute Gasteiger partial charge is 0.234 e. The minimum atomic E-state index is -0.486. The Bertz CT molecular complexity index is 1090. The molecule has 208 valence electrons. The second-order valence-corrected chi connectivity index (χ2v) is 9.96. The van der Waals surface area contributed by atoms with Gasteiger partial charge in [0.2, 0.25) is 11.8 Å². The second-order valence-electron chi connectivity index (χ2n) is 9.96. The number of nitrogens with zero attached hydrogens (tertiary/aromatic N) is 1. The number of ether oxygens (including phenoxy) is 1. The number of aromatic hydroxyl groups is 1. The van der Waals surface area contributed by atoms with E-state index in [9.17, 15) is 14.7 Å². The largest absolute Gasteiger partial charge is 0.508 e. The molecular formula is C28H38Cl2N4O4. The number of hydrogen-bond acceptors (Lipinski definition) is 6. The lowest BCUT2D eigenvalue weighted by Crippen LogP contribution is -2.39. The van der Waals surface area contributed by atoms with E-state index in [2.05, 4.69) is 22.0 Å². The van der Waals surface area contributed by atoms with Crippen LogP contribution in [0.1, 0.15) is 66.9 Å². The highest BCUT2D eigenvalue weighted by molar-refractivity contribution is 5.87. The Balaban J connectivity index is 0.00000200. The van der Waals surface area contributed by atoms with Gasteiger partial charge in [0.15, 0.2) is 0 Å². The summed E-state index contributed by atoms with van der Waals surface area (Å²) in [5.41, 5.74) is 2.72. The second kappa shape index (κ2) is 14.0. The molecule has 8 nitrogen and oxygen atoms in total. The molecule has 3 aliphatic rings. The zero-order chi connectivity index (χ0) is 24.9. The third-order valence-electron chi connectivity index (χ3n) is 7.40. The molecule has 0 aliphatic carbocycles. The maximum absolute atomic E-state index is 14.2. The molecule has 0 aromatic heterocycles. The number of carbonyl (C=O) groups excluding carboxylic acids is 2. The third-order valence-corrected chi connectivity index (χ3v) is 7.40. The van der Waals surface area contributed by atoms with Crippen molar-refractivity contribution in [2.24, 2.45) is 0 Å². The summed E-state index contributed by atoms with van der Waals surface area (Å²) in [6, 6.07) is 12.8. The first-order valence-electron chi connectivity index (χ1n) is 13.2. The van der Waals surface area contributed by atoms with Crippen molar-refractivity contribution < 1.29 is 19.4 Å². The van der Waals surface area contributed by atoms with E-state index >= 15 is 0 Å². The molecule has 3 atom stereocenters. The molecule has 3 aliphatic heterocycles. The van der Waals surface area contributed by atoms with Gasteiger partial charge in [0.1, 0.15) is 23.5 Å². The van der Waals surface area contributed by atoms with E-state index in [0.717, 1.165) is 55.6 Å². The van der Waals surface area contributed by atoms with Crippen LogP contribution in [0.3, 0.4) is 0 Å². The molecule has 38 heavy (non-hydrogen) atoms. The van der Waals surface area contributed by atoms with E-state index in [0.29, 0.717) is 38.2 Å². The van der Waals surface area contributed by atoms with Crippen LogP contribution in [0.4, 0.5) is 0 Å². The van der Waals surface area contributed by atoms with Crippen molar-refractivity contribution in [3.05, 3.63) is 59.2 Å². The van der Waals surface area contributed by atoms with Crippen molar-refractivity contribution >= 4 is 36.6 Å². The third kappa shape index (κ3) is 6.91. The summed E-state index contributed by atoms with van der Waals surface area (Å²) < 4.78 is 6.40. The average molecular weight is 566 g/mol. The lowest BCUT2D eigenvalue weighted by Gasteiger charge is -2.28. The predicted molar refractivity (Wildman–Crippen MR) is 151 cm³/mol. The average Bonchev–Trinajstić information content (AvgIpc) is 3.26. The van der Waals surface area contributed by atoms with Crippen molar-refractivity contribution in [3.63, 3.8) is 0 Å². The predicted octanol–water partition coefficient (Wildman–Crippen LogP) is 3.60. The number of fused-ring (bicyclic) bond motifs is 1. The number of benzene rings is 2. The van der Waals surface area contributed by atoms with Gasteiger partial charge in [0.25, 0.3) is 0 Å². The fourth-order valence-electron chi connectivity index (χ4n) is 5.45. The minimum Gasteiger partial charge on any atom is -0.508 e. The molecule has 2 amide bonds. The number of rotatable bonds is 1. The quantitative estimate of drug-likeness (QED) is 0.422. The Kier molecular flexibility index (Phi) is 11.1. The number of hydrogen-bond donors (Lipinski definition) is 4. The van der Waals surface area contributed by atoms with E-state index in [4.69, 9.17) is 4.74 Å².